The molecule has 4 nitrogen and oxygen atoms in total. The normalized spacial score (nSPS) is 17.8. The Morgan fingerprint density at radius 3 is 2.55 bits per heavy atom. The van der Waals surface area contributed by atoms with Crippen LogP contribution in [0, 0.1) is 12.8 Å². The highest BCUT2D eigenvalue weighted by Gasteiger charge is 2.18. The number of aromatic nitrogens is 2. The number of piperidine rings is 1. The zero-order valence-corrected chi connectivity index (χ0v) is 14.5. The van der Waals surface area contributed by atoms with Gasteiger partial charge >= 0.3 is 0 Å². The molecule has 0 bridgehead atoms. The van der Waals surface area contributed by atoms with E-state index >= 15 is 0 Å². The summed E-state index contributed by atoms with van der Waals surface area (Å²) in [5.74, 6) is 0.829. The van der Waals surface area contributed by atoms with Crippen molar-refractivity contribution in [2.45, 2.75) is 46.7 Å². The fraction of sp³-hybridized carbons (Fsp3) is 0.800. The van der Waals surface area contributed by atoms with Gasteiger partial charge in [-0.3, -0.25) is 4.68 Å². The predicted molar refractivity (Wildman–Crippen MR) is 86.9 cm³/mol. The molecule has 0 atom stereocenters. The van der Waals surface area contributed by atoms with Crippen LogP contribution in [0.4, 0.5) is 0 Å². The maximum atomic E-state index is 4.54. The minimum absolute atomic E-state index is 0.829. The molecule has 0 saturated carbocycles. The van der Waals surface area contributed by atoms with E-state index in [9.17, 15) is 0 Å². The summed E-state index contributed by atoms with van der Waals surface area (Å²) >= 11 is 3.66. The molecular formula is C15H27BrN4. The Hall–Kier alpha value is -0.390. The molecule has 0 aliphatic carbocycles. The molecule has 0 spiro atoms. The van der Waals surface area contributed by atoms with E-state index in [1.807, 2.05) is 0 Å². The molecule has 1 aromatic rings. The van der Waals surface area contributed by atoms with Crippen LogP contribution in [0.1, 0.15) is 38.1 Å². The Bertz CT molecular complexity index is 422. The summed E-state index contributed by atoms with van der Waals surface area (Å²) in [6.45, 7) is 13.1. The third kappa shape index (κ3) is 3.83. The quantitative estimate of drug-likeness (QED) is 0.862. The number of halogens is 1. The van der Waals surface area contributed by atoms with Crippen LogP contribution < -0.4 is 5.32 Å². The van der Waals surface area contributed by atoms with Gasteiger partial charge in [0.1, 0.15) is 0 Å². The topological polar surface area (TPSA) is 33.1 Å². The molecule has 2 rings (SSSR count). The molecule has 0 aromatic carbocycles. The standard InChI is InChI=1S/C15H27BrN4/c1-4-19-8-6-13(7-9-19)10-17-11-14-15(16)12(3)18-20(14)5-2/h13,17H,4-11H2,1-3H3. The zero-order chi connectivity index (χ0) is 14.5. The summed E-state index contributed by atoms with van der Waals surface area (Å²) in [6, 6.07) is 0. The maximum absolute atomic E-state index is 4.54. The van der Waals surface area contributed by atoms with Gasteiger partial charge in [0.25, 0.3) is 0 Å². The second-order valence-corrected chi connectivity index (χ2v) is 6.46. The van der Waals surface area contributed by atoms with Crippen molar-refractivity contribution in [2.75, 3.05) is 26.2 Å². The number of hydrogen-bond donors (Lipinski definition) is 1. The van der Waals surface area contributed by atoms with E-state index in [4.69, 9.17) is 0 Å². The molecule has 0 unspecified atom stereocenters. The smallest absolute Gasteiger partial charge is 0.0739 e. The number of nitrogens with zero attached hydrogens (tertiary/aromatic N) is 3. The summed E-state index contributed by atoms with van der Waals surface area (Å²) < 4.78 is 3.25. The van der Waals surface area contributed by atoms with Crippen molar-refractivity contribution in [1.82, 2.24) is 20.0 Å². The number of likely N-dealkylation sites (tertiary alicyclic amines) is 1. The van der Waals surface area contributed by atoms with Crippen molar-refractivity contribution in [3.05, 3.63) is 15.9 Å². The van der Waals surface area contributed by atoms with Crippen molar-refractivity contribution in [3.8, 4) is 0 Å². The van der Waals surface area contributed by atoms with E-state index in [0.29, 0.717) is 0 Å². The van der Waals surface area contributed by atoms with E-state index in [-0.39, 0.29) is 0 Å². The number of rotatable bonds is 6. The van der Waals surface area contributed by atoms with Gasteiger partial charge < -0.3 is 10.2 Å². The number of nitrogens with one attached hydrogen (secondary N) is 1. The van der Waals surface area contributed by atoms with Crippen LogP contribution in [-0.4, -0.2) is 40.9 Å². The Labute approximate surface area is 131 Å². The largest absolute Gasteiger partial charge is 0.311 e. The molecule has 0 radical (unpaired) electrons. The molecule has 1 N–H and O–H groups in total. The average molecular weight is 343 g/mol. The van der Waals surface area contributed by atoms with Crippen LogP contribution >= 0.6 is 15.9 Å². The van der Waals surface area contributed by atoms with Gasteiger partial charge in [0.15, 0.2) is 0 Å². The summed E-state index contributed by atoms with van der Waals surface area (Å²) in [6.07, 6.45) is 2.65. The van der Waals surface area contributed by atoms with Gasteiger partial charge in [0.2, 0.25) is 0 Å². The second-order valence-electron chi connectivity index (χ2n) is 5.67. The van der Waals surface area contributed by atoms with Crippen LogP contribution in [0.15, 0.2) is 4.47 Å². The highest BCUT2D eigenvalue weighted by Crippen LogP contribution is 2.21. The highest BCUT2D eigenvalue weighted by atomic mass is 79.9. The maximum Gasteiger partial charge on any atom is 0.0739 e. The van der Waals surface area contributed by atoms with E-state index < -0.39 is 0 Å². The molecule has 0 amide bonds. The molecule has 1 aliphatic rings. The fourth-order valence-corrected chi connectivity index (χ4v) is 3.36. The summed E-state index contributed by atoms with van der Waals surface area (Å²) in [4.78, 5) is 2.54. The second kappa shape index (κ2) is 7.57. The number of hydrogen-bond acceptors (Lipinski definition) is 3. The van der Waals surface area contributed by atoms with Crippen molar-refractivity contribution in [3.63, 3.8) is 0 Å². The zero-order valence-electron chi connectivity index (χ0n) is 13.0. The summed E-state index contributed by atoms with van der Waals surface area (Å²) in [5.41, 5.74) is 2.36. The minimum atomic E-state index is 0.829. The van der Waals surface area contributed by atoms with Gasteiger partial charge in [-0.15, -0.1) is 0 Å². The van der Waals surface area contributed by atoms with Crippen LogP contribution in [0.3, 0.4) is 0 Å². The predicted octanol–water partition coefficient (Wildman–Crippen LogP) is 2.80. The Balaban J connectivity index is 1.79. The van der Waals surface area contributed by atoms with E-state index in [2.05, 4.69) is 56.7 Å². The monoisotopic (exact) mass is 342 g/mol. The third-order valence-corrected chi connectivity index (χ3v) is 5.36. The lowest BCUT2D eigenvalue weighted by atomic mass is 9.97. The molecule has 1 saturated heterocycles. The first-order valence-electron chi connectivity index (χ1n) is 7.80. The highest BCUT2D eigenvalue weighted by molar-refractivity contribution is 9.10. The first kappa shape index (κ1) is 16.0. The van der Waals surface area contributed by atoms with Gasteiger partial charge in [0, 0.05) is 13.1 Å². The molecular weight excluding hydrogens is 316 g/mol. The van der Waals surface area contributed by atoms with Gasteiger partial charge in [-0.1, -0.05) is 6.92 Å². The molecule has 5 heteroatoms. The van der Waals surface area contributed by atoms with Crippen LogP contribution in [0.25, 0.3) is 0 Å². The molecule has 1 aromatic heterocycles. The van der Waals surface area contributed by atoms with Crippen LogP contribution in [-0.2, 0) is 13.1 Å². The van der Waals surface area contributed by atoms with Gasteiger partial charge in [-0.05, 0) is 74.7 Å². The van der Waals surface area contributed by atoms with Gasteiger partial charge in [0.05, 0.1) is 15.9 Å². The first-order valence-corrected chi connectivity index (χ1v) is 8.59. The van der Waals surface area contributed by atoms with E-state index in [1.54, 1.807) is 0 Å². The molecule has 1 aliphatic heterocycles. The van der Waals surface area contributed by atoms with Crippen LogP contribution in [0.5, 0.6) is 0 Å². The summed E-state index contributed by atoms with van der Waals surface area (Å²) in [7, 11) is 0. The third-order valence-electron chi connectivity index (χ3n) is 4.33. The van der Waals surface area contributed by atoms with E-state index in [1.165, 1.54) is 38.2 Å². The van der Waals surface area contributed by atoms with E-state index in [0.717, 1.165) is 35.7 Å². The van der Waals surface area contributed by atoms with Crippen molar-refractivity contribution in [2.24, 2.45) is 5.92 Å². The molecule has 114 valence electrons. The van der Waals surface area contributed by atoms with Gasteiger partial charge in [-0.25, -0.2) is 0 Å². The molecule has 20 heavy (non-hydrogen) atoms. The fourth-order valence-electron chi connectivity index (χ4n) is 2.94. The Morgan fingerprint density at radius 2 is 1.95 bits per heavy atom. The van der Waals surface area contributed by atoms with Crippen LogP contribution in [0.2, 0.25) is 0 Å². The molecule has 1 fully saturated rings. The van der Waals surface area contributed by atoms with Crippen molar-refractivity contribution < 1.29 is 0 Å². The van der Waals surface area contributed by atoms with Crippen molar-refractivity contribution >= 4 is 15.9 Å². The average Bonchev–Trinajstić information content (AvgIpc) is 2.75. The lowest BCUT2D eigenvalue weighted by Gasteiger charge is -2.31. The van der Waals surface area contributed by atoms with Gasteiger partial charge in [-0.2, -0.15) is 5.10 Å². The SMILES string of the molecule is CCN1CCC(CNCc2c(Br)c(C)nn2CC)CC1. The minimum Gasteiger partial charge on any atom is -0.311 e. The summed E-state index contributed by atoms with van der Waals surface area (Å²) in [5, 5.41) is 8.16. The Morgan fingerprint density at radius 1 is 1.25 bits per heavy atom. The lowest BCUT2D eigenvalue weighted by molar-refractivity contribution is 0.190. The number of aryl methyl sites for hydroxylation is 2. The van der Waals surface area contributed by atoms with Crippen molar-refractivity contribution in [1.29, 1.82) is 0 Å². The lowest BCUT2D eigenvalue weighted by Crippen LogP contribution is -2.37. The first-order chi connectivity index (χ1) is 9.65. The Kier molecular flexibility index (Phi) is 6.05. The molecule has 2 heterocycles.